The zero-order valence-electron chi connectivity index (χ0n) is 21.4. The van der Waals surface area contributed by atoms with Gasteiger partial charge in [-0.2, -0.15) is 4.98 Å². The van der Waals surface area contributed by atoms with Gasteiger partial charge < -0.3 is 15.3 Å². The fraction of sp³-hybridized carbons (Fsp3) is 0.321. The van der Waals surface area contributed by atoms with E-state index in [0.29, 0.717) is 23.8 Å². The molecule has 0 radical (unpaired) electrons. The Hall–Kier alpha value is -3.76. The van der Waals surface area contributed by atoms with Gasteiger partial charge in [0.2, 0.25) is 5.95 Å². The van der Waals surface area contributed by atoms with Crippen LogP contribution in [0.25, 0.3) is 10.9 Å². The number of aromatic nitrogens is 3. The maximum atomic E-state index is 14.0. The highest BCUT2D eigenvalue weighted by molar-refractivity contribution is 7.93. The number of hydrogen-bond acceptors (Lipinski definition) is 8. The number of nitrogens with one attached hydrogen (secondary N) is 1. The Morgan fingerprint density at radius 1 is 1.05 bits per heavy atom. The van der Waals surface area contributed by atoms with Crippen molar-refractivity contribution in [1.29, 1.82) is 0 Å². The van der Waals surface area contributed by atoms with Gasteiger partial charge in [0.15, 0.2) is 5.82 Å². The number of rotatable bonds is 5. The van der Waals surface area contributed by atoms with Gasteiger partial charge in [-0.3, -0.25) is 4.98 Å². The van der Waals surface area contributed by atoms with E-state index in [9.17, 15) is 13.5 Å². The maximum Gasteiger partial charge on any atom is 0.267 e. The van der Waals surface area contributed by atoms with Crippen molar-refractivity contribution in [1.82, 2.24) is 15.0 Å². The molecule has 196 valence electrons. The van der Waals surface area contributed by atoms with Gasteiger partial charge in [0.1, 0.15) is 4.90 Å². The third-order valence-corrected chi connectivity index (χ3v) is 9.09. The number of β-amino-alcohol motifs (C(OH)–C–C–N with tert-alkyl or cyclic N) is 1. The molecule has 1 atom stereocenters. The second-order valence-corrected chi connectivity index (χ2v) is 12.4. The van der Waals surface area contributed by atoms with Crippen molar-refractivity contribution in [2.45, 2.75) is 43.1 Å². The number of sulfonamides is 1. The summed E-state index contributed by atoms with van der Waals surface area (Å²) < 4.78 is 29.3. The molecule has 0 spiro atoms. The Bertz CT molecular complexity index is 1600. The molecular weight excluding hydrogens is 500 g/mol. The third kappa shape index (κ3) is 4.33. The van der Waals surface area contributed by atoms with E-state index in [0.717, 1.165) is 41.7 Å². The number of pyridine rings is 1. The van der Waals surface area contributed by atoms with Crippen LogP contribution in [0.3, 0.4) is 0 Å². The Morgan fingerprint density at radius 2 is 1.84 bits per heavy atom. The van der Waals surface area contributed by atoms with Crippen LogP contribution in [0.2, 0.25) is 0 Å². The average Bonchev–Trinajstić information content (AvgIpc) is 3.19. The van der Waals surface area contributed by atoms with E-state index in [-0.39, 0.29) is 17.5 Å². The molecule has 38 heavy (non-hydrogen) atoms. The van der Waals surface area contributed by atoms with Crippen molar-refractivity contribution in [2.24, 2.45) is 0 Å². The quantitative estimate of drug-likeness (QED) is 0.395. The molecule has 10 heteroatoms. The minimum absolute atomic E-state index is 0.158. The predicted octanol–water partition coefficient (Wildman–Crippen LogP) is 4.22. The fourth-order valence-corrected chi connectivity index (χ4v) is 7.06. The van der Waals surface area contributed by atoms with E-state index >= 15 is 0 Å². The molecule has 1 fully saturated rings. The SMILES string of the molecule is CC1(C)CN(S(=O)(=O)c2cccc3cccnc23)c2nc(Nc3ccc(N4CCCC(O)C4)cc3)ncc21. The number of benzene rings is 2. The highest BCUT2D eigenvalue weighted by Crippen LogP contribution is 2.42. The highest BCUT2D eigenvalue weighted by atomic mass is 32.2. The lowest BCUT2D eigenvalue weighted by molar-refractivity contribution is 0.154. The Morgan fingerprint density at radius 3 is 2.63 bits per heavy atom. The topological polar surface area (TPSA) is 112 Å². The summed E-state index contributed by atoms with van der Waals surface area (Å²) in [6, 6.07) is 16.7. The van der Waals surface area contributed by atoms with Crippen LogP contribution in [0.4, 0.5) is 23.1 Å². The van der Waals surface area contributed by atoms with Crippen molar-refractivity contribution in [3.63, 3.8) is 0 Å². The number of nitrogens with zero attached hydrogens (tertiary/aromatic N) is 5. The Balaban J connectivity index is 1.31. The van der Waals surface area contributed by atoms with Crippen molar-refractivity contribution in [2.75, 3.05) is 34.2 Å². The third-order valence-electron chi connectivity index (χ3n) is 7.32. The smallest absolute Gasteiger partial charge is 0.267 e. The maximum absolute atomic E-state index is 14.0. The van der Waals surface area contributed by atoms with Crippen LogP contribution in [0.15, 0.2) is 71.9 Å². The van der Waals surface area contributed by atoms with Gasteiger partial charge in [-0.15, -0.1) is 0 Å². The molecule has 0 bridgehead atoms. The fourth-order valence-electron chi connectivity index (χ4n) is 5.30. The van der Waals surface area contributed by atoms with Gasteiger partial charge in [-0.1, -0.05) is 32.0 Å². The van der Waals surface area contributed by atoms with Gasteiger partial charge in [0.25, 0.3) is 10.0 Å². The van der Waals surface area contributed by atoms with Crippen LogP contribution in [-0.4, -0.2) is 54.2 Å². The molecule has 2 N–H and O–H groups in total. The molecule has 1 saturated heterocycles. The molecule has 0 amide bonds. The van der Waals surface area contributed by atoms with Crippen molar-refractivity contribution in [3.05, 3.63) is 72.6 Å². The molecule has 2 aromatic carbocycles. The van der Waals surface area contributed by atoms with E-state index < -0.39 is 15.4 Å². The summed E-state index contributed by atoms with van der Waals surface area (Å²) in [6.45, 7) is 5.80. The zero-order valence-corrected chi connectivity index (χ0v) is 22.2. The van der Waals surface area contributed by atoms with Crippen LogP contribution in [-0.2, 0) is 15.4 Å². The summed E-state index contributed by atoms with van der Waals surface area (Å²) in [5.74, 6) is 0.693. The molecule has 1 unspecified atom stereocenters. The molecule has 2 aliphatic heterocycles. The van der Waals surface area contributed by atoms with Crippen LogP contribution in [0.5, 0.6) is 0 Å². The number of anilines is 4. The number of aliphatic hydroxyl groups excluding tert-OH is 1. The summed E-state index contributed by atoms with van der Waals surface area (Å²) in [7, 11) is -3.94. The van der Waals surface area contributed by atoms with E-state index in [1.54, 1.807) is 30.6 Å². The van der Waals surface area contributed by atoms with E-state index in [1.807, 2.05) is 50.2 Å². The molecule has 4 aromatic rings. The summed E-state index contributed by atoms with van der Waals surface area (Å²) in [6.07, 6.45) is 4.83. The zero-order chi connectivity index (χ0) is 26.5. The minimum atomic E-state index is -3.94. The minimum Gasteiger partial charge on any atom is -0.391 e. The predicted molar refractivity (Wildman–Crippen MR) is 149 cm³/mol. The summed E-state index contributed by atoms with van der Waals surface area (Å²) in [5, 5.41) is 14.0. The first-order valence-corrected chi connectivity index (χ1v) is 14.2. The molecule has 0 saturated carbocycles. The summed E-state index contributed by atoms with van der Waals surface area (Å²) in [4.78, 5) is 15.9. The normalized spacial score (nSPS) is 19.0. The van der Waals surface area contributed by atoms with Crippen LogP contribution >= 0.6 is 0 Å². The first-order chi connectivity index (χ1) is 18.2. The van der Waals surface area contributed by atoms with Crippen molar-refractivity contribution >= 4 is 44.1 Å². The Kier molecular flexibility index (Phi) is 5.96. The molecule has 6 rings (SSSR count). The van der Waals surface area contributed by atoms with Crippen LogP contribution in [0, 0.1) is 0 Å². The second-order valence-electron chi connectivity index (χ2n) is 10.6. The number of para-hydroxylation sites is 1. The first kappa shape index (κ1) is 24.6. The van der Waals surface area contributed by atoms with E-state index in [2.05, 4.69) is 25.2 Å². The molecule has 2 aromatic heterocycles. The van der Waals surface area contributed by atoms with Gasteiger partial charge in [0, 0.05) is 59.8 Å². The molecular formula is C28H30N6O3S. The monoisotopic (exact) mass is 530 g/mol. The Labute approximate surface area is 222 Å². The second kappa shape index (κ2) is 9.21. The molecule has 4 heterocycles. The summed E-state index contributed by atoms with van der Waals surface area (Å²) in [5.41, 5.74) is 2.59. The van der Waals surface area contributed by atoms with Gasteiger partial charge in [-0.05, 0) is 49.2 Å². The van der Waals surface area contributed by atoms with E-state index in [1.165, 1.54) is 4.31 Å². The lowest BCUT2D eigenvalue weighted by atomic mass is 9.89. The highest BCUT2D eigenvalue weighted by Gasteiger charge is 2.43. The van der Waals surface area contributed by atoms with Crippen LogP contribution in [0.1, 0.15) is 32.3 Å². The number of hydrogen-bond donors (Lipinski definition) is 2. The largest absolute Gasteiger partial charge is 0.391 e. The molecule has 0 aliphatic carbocycles. The van der Waals surface area contributed by atoms with Crippen LogP contribution < -0.4 is 14.5 Å². The van der Waals surface area contributed by atoms with E-state index in [4.69, 9.17) is 0 Å². The van der Waals surface area contributed by atoms with Gasteiger partial charge >= 0.3 is 0 Å². The standard InChI is InChI=1S/C28H30N6O3S/c1-28(2)18-34(38(36,37)24-9-3-6-19-7-4-14-29-25(19)24)26-23(28)16-30-27(32-26)31-20-10-12-21(13-11-20)33-15-5-8-22(35)17-33/h3-4,6-7,9-14,16,22,35H,5,8,15,17-18H2,1-2H3,(H,30,31,32). The summed E-state index contributed by atoms with van der Waals surface area (Å²) >= 11 is 0. The first-order valence-electron chi connectivity index (χ1n) is 12.8. The van der Waals surface area contributed by atoms with Gasteiger partial charge in [0.05, 0.1) is 11.6 Å². The van der Waals surface area contributed by atoms with Gasteiger partial charge in [-0.25, -0.2) is 17.7 Å². The average molecular weight is 531 g/mol. The lowest BCUT2D eigenvalue weighted by Crippen LogP contribution is -2.38. The van der Waals surface area contributed by atoms with Crippen molar-refractivity contribution < 1.29 is 13.5 Å². The molecule has 2 aliphatic rings. The number of aliphatic hydroxyl groups is 1. The number of piperidine rings is 1. The number of fused-ring (bicyclic) bond motifs is 2. The molecule has 9 nitrogen and oxygen atoms in total. The lowest BCUT2D eigenvalue weighted by Gasteiger charge is -2.32. The van der Waals surface area contributed by atoms with Crippen molar-refractivity contribution in [3.8, 4) is 0 Å².